The summed E-state index contributed by atoms with van der Waals surface area (Å²) in [6, 6.07) is -1.02. The molecule has 0 aromatic carbocycles. The van der Waals surface area contributed by atoms with Crippen LogP contribution in [-0.2, 0) is 14.4 Å². The smallest absolute Gasteiger partial charge is 0.240 e. The maximum absolute atomic E-state index is 11.2. The molecule has 6 N–H and O–H groups in total. The number of nitrogens with one attached hydrogen (secondary N) is 2. The van der Waals surface area contributed by atoms with E-state index in [0.717, 1.165) is 0 Å². The van der Waals surface area contributed by atoms with E-state index in [1.54, 1.807) is 7.05 Å². The second-order valence-electron chi connectivity index (χ2n) is 3.05. The molecule has 0 aliphatic rings. The minimum absolute atomic E-state index is 0.207. The van der Waals surface area contributed by atoms with Crippen LogP contribution in [0.25, 0.3) is 0 Å². The van der Waals surface area contributed by atoms with Crippen LogP contribution in [0.5, 0.6) is 0 Å². The van der Waals surface area contributed by atoms with E-state index in [2.05, 4.69) is 10.6 Å². The lowest BCUT2D eigenvalue weighted by Crippen LogP contribution is -2.47. The van der Waals surface area contributed by atoms with E-state index in [4.69, 9.17) is 11.5 Å². The van der Waals surface area contributed by atoms with Crippen molar-refractivity contribution in [2.45, 2.75) is 18.9 Å². The zero-order valence-corrected chi connectivity index (χ0v) is 8.58. The quantitative estimate of drug-likeness (QED) is 0.373. The Labute approximate surface area is 87.6 Å². The van der Waals surface area contributed by atoms with E-state index in [9.17, 15) is 14.4 Å². The second kappa shape index (κ2) is 6.77. The molecule has 86 valence electrons. The number of nitrogens with two attached hydrogens (primary N) is 2. The number of carbonyl (C=O) groups excluding carboxylic acids is 3. The van der Waals surface area contributed by atoms with Gasteiger partial charge >= 0.3 is 0 Å². The van der Waals surface area contributed by atoms with Gasteiger partial charge < -0.3 is 22.1 Å². The third kappa shape index (κ3) is 6.44. The van der Waals surface area contributed by atoms with Crippen LogP contribution >= 0.6 is 0 Å². The Kier molecular flexibility index (Phi) is 6.03. The highest BCUT2D eigenvalue weighted by atomic mass is 16.2. The van der Waals surface area contributed by atoms with Crippen LogP contribution in [0.3, 0.4) is 0 Å². The molecule has 0 saturated heterocycles. The van der Waals surface area contributed by atoms with E-state index in [1.165, 1.54) is 0 Å². The first-order chi connectivity index (χ1) is 6.97. The zero-order valence-electron chi connectivity index (χ0n) is 8.58. The largest absolute Gasteiger partial charge is 0.370 e. The van der Waals surface area contributed by atoms with Crippen molar-refractivity contribution in [1.29, 1.82) is 0 Å². The molecule has 0 aromatic heterocycles. The molecule has 0 fully saturated rings. The summed E-state index contributed by atoms with van der Waals surface area (Å²) in [5.74, 6) is -1.81. The van der Waals surface area contributed by atoms with Gasteiger partial charge in [-0.3, -0.25) is 14.4 Å². The van der Waals surface area contributed by atoms with Crippen LogP contribution in [0.1, 0.15) is 12.8 Å². The Morgan fingerprint density at radius 3 is 2.27 bits per heavy atom. The molecule has 0 heterocycles. The summed E-state index contributed by atoms with van der Waals surface area (Å²) in [4.78, 5) is 32.6. The van der Waals surface area contributed by atoms with Crippen LogP contribution in [0, 0.1) is 0 Å². The summed E-state index contributed by atoms with van der Waals surface area (Å²) in [6.07, 6.45) is -0.0698. The molecule has 0 spiro atoms. The summed E-state index contributed by atoms with van der Waals surface area (Å²) in [7, 11) is 1.70. The van der Waals surface area contributed by atoms with Crippen molar-refractivity contribution in [3.8, 4) is 0 Å². The van der Waals surface area contributed by atoms with E-state index in [-0.39, 0.29) is 18.7 Å². The van der Waals surface area contributed by atoms with Gasteiger partial charge in [-0.15, -0.1) is 0 Å². The van der Waals surface area contributed by atoms with Gasteiger partial charge in [-0.05, 0) is 7.05 Å². The third-order valence-corrected chi connectivity index (χ3v) is 1.69. The van der Waals surface area contributed by atoms with Crippen LogP contribution in [0.2, 0.25) is 0 Å². The minimum atomic E-state index is -1.02. The molecule has 7 nitrogen and oxygen atoms in total. The van der Waals surface area contributed by atoms with E-state index >= 15 is 0 Å². The fraction of sp³-hybridized carbons (Fsp3) is 0.625. The highest BCUT2D eigenvalue weighted by Crippen LogP contribution is 1.91. The fourth-order valence-corrected chi connectivity index (χ4v) is 0.929. The Morgan fingerprint density at radius 2 is 1.87 bits per heavy atom. The van der Waals surface area contributed by atoms with Gasteiger partial charge in [0.05, 0.1) is 6.42 Å². The van der Waals surface area contributed by atoms with E-state index < -0.39 is 17.9 Å². The Morgan fingerprint density at radius 1 is 1.27 bits per heavy atom. The van der Waals surface area contributed by atoms with Crippen molar-refractivity contribution in [3.63, 3.8) is 0 Å². The fourth-order valence-electron chi connectivity index (χ4n) is 0.929. The van der Waals surface area contributed by atoms with Gasteiger partial charge in [0, 0.05) is 13.0 Å². The molecule has 7 heteroatoms. The minimum Gasteiger partial charge on any atom is -0.370 e. The molecule has 1 atom stereocenters. The van der Waals surface area contributed by atoms with Gasteiger partial charge in [-0.2, -0.15) is 0 Å². The predicted molar refractivity (Wildman–Crippen MR) is 53.5 cm³/mol. The SMILES string of the molecule is CNCCC(=O)NC(CC(N)=O)C(N)=O. The molecule has 0 saturated carbocycles. The first-order valence-corrected chi connectivity index (χ1v) is 4.49. The summed E-state index contributed by atoms with van der Waals surface area (Å²) in [6.45, 7) is 0.480. The van der Waals surface area contributed by atoms with Crippen molar-refractivity contribution < 1.29 is 14.4 Å². The molecule has 0 rings (SSSR count). The topological polar surface area (TPSA) is 127 Å². The molecule has 0 aliphatic carbocycles. The van der Waals surface area contributed by atoms with Crippen molar-refractivity contribution in [2.24, 2.45) is 11.5 Å². The molecule has 0 aromatic rings. The molecular weight excluding hydrogens is 200 g/mol. The van der Waals surface area contributed by atoms with Crippen molar-refractivity contribution in [2.75, 3.05) is 13.6 Å². The molecule has 3 amide bonds. The van der Waals surface area contributed by atoms with Gasteiger partial charge in [-0.1, -0.05) is 0 Å². The Hall–Kier alpha value is -1.63. The number of rotatable bonds is 7. The lowest BCUT2D eigenvalue weighted by atomic mass is 10.2. The molecule has 0 aliphatic heterocycles. The number of primary amides is 2. The lowest BCUT2D eigenvalue weighted by Gasteiger charge is -2.13. The van der Waals surface area contributed by atoms with Gasteiger partial charge in [0.1, 0.15) is 6.04 Å². The summed E-state index contributed by atoms with van der Waals surface area (Å²) in [5, 5.41) is 5.10. The average molecular weight is 216 g/mol. The predicted octanol–water partition coefficient (Wildman–Crippen LogP) is -2.56. The van der Waals surface area contributed by atoms with Gasteiger partial charge in [0.25, 0.3) is 0 Å². The van der Waals surface area contributed by atoms with E-state index in [0.29, 0.717) is 6.54 Å². The van der Waals surface area contributed by atoms with E-state index in [1.807, 2.05) is 0 Å². The molecule has 0 radical (unpaired) electrons. The van der Waals surface area contributed by atoms with Crippen LogP contribution in [0.15, 0.2) is 0 Å². The maximum atomic E-state index is 11.2. The first-order valence-electron chi connectivity index (χ1n) is 4.49. The maximum Gasteiger partial charge on any atom is 0.240 e. The van der Waals surface area contributed by atoms with Crippen molar-refractivity contribution in [3.05, 3.63) is 0 Å². The summed E-state index contributed by atoms with van der Waals surface area (Å²) < 4.78 is 0. The molecule has 0 bridgehead atoms. The number of carbonyl (C=O) groups is 3. The zero-order chi connectivity index (χ0) is 11.8. The monoisotopic (exact) mass is 216 g/mol. The van der Waals surface area contributed by atoms with Crippen LogP contribution < -0.4 is 22.1 Å². The van der Waals surface area contributed by atoms with Crippen LogP contribution in [0.4, 0.5) is 0 Å². The lowest BCUT2D eigenvalue weighted by molar-refractivity contribution is -0.129. The summed E-state index contributed by atoms with van der Waals surface area (Å²) in [5.41, 5.74) is 9.88. The first kappa shape index (κ1) is 13.4. The molecule has 15 heavy (non-hydrogen) atoms. The third-order valence-electron chi connectivity index (χ3n) is 1.69. The Bertz CT molecular complexity index is 254. The highest BCUT2D eigenvalue weighted by molar-refractivity contribution is 5.90. The van der Waals surface area contributed by atoms with Gasteiger partial charge in [-0.25, -0.2) is 0 Å². The molecular formula is C8H16N4O3. The Balaban J connectivity index is 4.10. The van der Waals surface area contributed by atoms with Gasteiger partial charge in [0.15, 0.2) is 0 Å². The second-order valence-corrected chi connectivity index (χ2v) is 3.05. The average Bonchev–Trinajstić information content (AvgIpc) is 2.12. The van der Waals surface area contributed by atoms with Crippen LogP contribution in [-0.4, -0.2) is 37.4 Å². The van der Waals surface area contributed by atoms with Gasteiger partial charge in [0.2, 0.25) is 17.7 Å². The van der Waals surface area contributed by atoms with Crippen molar-refractivity contribution >= 4 is 17.7 Å². The normalized spacial score (nSPS) is 11.8. The van der Waals surface area contributed by atoms with Crippen molar-refractivity contribution in [1.82, 2.24) is 10.6 Å². The number of hydrogen-bond acceptors (Lipinski definition) is 4. The summed E-state index contributed by atoms with van der Waals surface area (Å²) >= 11 is 0. The number of amides is 3. The number of hydrogen-bond donors (Lipinski definition) is 4. The molecule has 1 unspecified atom stereocenters. The standard InChI is InChI=1S/C8H16N4O3/c1-11-3-2-7(14)12-5(8(10)15)4-6(9)13/h5,11H,2-4H2,1H3,(H2,9,13)(H2,10,15)(H,12,14). The highest BCUT2D eigenvalue weighted by Gasteiger charge is 2.19.